The fraction of sp³-hybridized carbons (Fsp3) is 0.250. The van der Waals surface area contributed by atoms with Crippen LogP contribution in [0.4, 0.5) is 0 Å². The highest BCUT2D eigenvalue weighted by Crippen LogP contribution is 2.08. The highest BCUT2D eigenvalue weighted by atomic mass is 32.1. The molecule has 2 aromatic heterocycles. The van der Waals surface area contributed by atoms with E-state index in [4.69, 9.17) is 0 Å². The topological polar surface area (TPSA) is 51.4 Å². The van der Waals surface area contributed by atoms with Gasteiger partial charge >= 0.3 is 0 Å². The summed E-state index contributed by atoms with van der Waals surface area (Å²) in [6.07, 6.45) is 2.12. The third kappa shape index (κ3) is 1.87. The van der Waals surface area contributed by atoms with E-state index >= 15 is 0 Å². The van der Waals surface area contributed by atoms with E-state index in [9.17, 15) is 9.59 Å². The maximum atomic E-state index is 12.1. The van der Waals surface area contributed by atoms with Gasteiger partial charge in [0.2, 0.25) is 5.91 Å². The average Bonchev–Trinajstić information content (AvgIpc) is 2.88. The molecule has 18 heavy (non-hydrogen) atoms. The lowest BCUT2D eigenvalue weighted by Gasteiger charge is -2.09. The van der Waals surface area contributed by atoms with Crippen LogP contribution < -0.4 is 14.9 Å². The Labute approximate surface area is 111 Å². The van der Waals surface area contributed by atoms with Gasteiger partial charge in [0.05, 0.1) is 10.6 Å². The molecule has 0 spiro atoms. The predicted molar refractivity (Wildman–Crippen MR) is 72.0 cm³/mol. The summed E-state index contributed by atoms with van der Waals surface area (Å²) in [5.41, 5.74) is -0.246. The number of hydrogen-bond acceptors (Lipinski definition) is 5. The minimum Gasteiger partial charge on any atom is -0.274 e. The SMILES string of the molecule is CC1CC(=O)n2c(sc(=Cc3cccs3)c2=O)=N1. The summed E-state index contributed by atoms with van der Waals surface area (Å²) in [5.74, 6) is -0.153. The zero-order valence-electron chi connectivity index (χ0n) is 9.62. The van der Waals surface area contributed by atoms with E-state index in [1.54, 1.807) is 11.3 Å². The molecular formula is C12H10N2O2S2. The minimum atomic E-state index is -0.246. The van der Waals surface area contributed by atoms with Crippen LogP contribution in [0, 0.1) is 0 Å². The lowest BCUT2D eigenvalue weighted by atomic mass is 10.2. The molecule has 0 radical (unpaired) electrons. The first-order valence-corrected chi connectivity index (χ1v) is 7.23. The Bertz CT molecular complexity index is 768. The van der Waals surface area contributed by atoms with Crippen molar-refractivity contribution in [2.24, 2.45) is 4.99 Å². The minimum absolute atomic E-state index is 0.0369. The number of nitrogens with zero attached hydrogens (tertiary/aromatic N) is 2. The van der Waals surface area contributed by atoms with Crippen LogP contribution in [0.2, 0.25) is 0 Å². The molecular weight excluding hydrogens is 268 g/mol. The summed E-state index contributed by atoms with van der Waals surface area (Å²) in [4.78, 5) is 29.8. The van der Waals surface area contributed by atoms with Crippen LogP contribution in [-0.4, -0.2) is 16.5 Å². The number of hydrogen-bond donors (Lipinski definition) is 0. The highest BCUT2D eigenvalue weighted by Gasteiger charge is 2.20. The van der Waals surface area contributed by atoms with Gasteiger partial charge in [-0.2, -0.15) is 0 Å². The van der Waals surface area contributed by atoms with Gasteiger partial charge in [-0.1, -0.05) is 17.4 Å². The maximum Gasteiger partial charge on any atom is 0.277 e. The molecule has 0 fully saturated rings. The van der Waals surface area contributed by atoms with Gasteiger partial charge in [0, 0.05) is 11.3 Å². The summed E-state index contributed by atoms with van der Waals surface area (Å²) in [6, 6.07) is 3.83. The van der Waals surface area contributed by atoms with Crippen molar-refractivity contribution >= 4 is 34.7 Å². The average molecular weight is 278 g/mol. The standard InChI is InChI=1S/C12H10N2O2S2/c1-7-5-10(15)14-11(16)9(18-12(14)13-7)6-8-3-2-4-17-8/h2-4,6-7H,5H2,1H3. The molecule has 0 amide bonds. The monoisotopic (exact) mass is 278 g/mol. The van der Waals surface area contributed by atoms with Crippen LogP contribution in [0.25, 0.3) is 6.08 Å². The van der Waals surface area contributed by atoms with Crippen molar-refractivity contribution in [2.75, 3.05) is 0 Å². The van der Waals surface area contributed by atoms with Gasteiger partial charge in [-0.25, -0.2) is 4.57 Å². The molecule has 1 aliphatic rings. The molecule has 1 unspecified atom stereocenters. The molecule has 2 aromatic rings. The number of carbonyl (C=O) groups excluding carboxylic acids is 1. The van der Waals surface area contributed by atoms with Crippen molar-refractivity contribution in [2.45, 2.75) is 19.4 Å². The summed E-state index contributed by atoms with van der Waals surface area (Å²) in [6.45, 7) is 1.88. The Morgan fingerprint density at radius 2 is 2.33 bits per heavy atom. The second-order valence-electron chi connectivity index (χ2n) is 4.13. The Balaban J connectivity index is 2.28. The van der Waals surface area contributed by atoms with E-state index in [0.29, 0.717) is 15.8 Å². The van der Waals surface area contributed by atoms with Crippen molar-refractivity contribution in [1.82, 2.24) is 4.57 Å². The summed E-state index contributed by atoms with van der Waals surface area (Å²) in [5, 5.41) is 1.95. The Morgan fingerprint density at radius 3 is 3.06 bits per heavy atom. The molecule has 3 rings (SSSR count). The molecule has 3 heterocycles. The number of thiazole rings is 1. The first-order chi connectivity index (χ1) is 8.65. The summed E-state index contributed by atoms with van der Waals surface area (Å²) >= 11 is 2.84. The van der Waals surface area contributed by atoms with Gasteiger partial charge in [0.15, 0.2) is 4.80 Å². The maximum absolute atomic E-state index is 12.1. The molecule has 1 atom stereocenters. The normalized spacial score (nSPS) is 19.7. The fourth-order valence-corrected chi connectivity index (χ4v) is 3.66. The van der Waals surface area contributed by atoms with Crippen LogP contribution in [-0.2, 0) is 0 Å². The second kappa shape index (κ2) is 4.29. The molecule has 4 nitrogen and oxygen atoms in total. The molecule has 0 N–H and O–H groups in total. The Hall–Kier alpha value is -1.53. The van der Waals surface area contributed by atoms with E-state index in [0.717, 1.165) is 4.88 Å². The van der Waals surface area contributed by atoms with Gasteiger partial charge in [0.25, 0.3) is 5.56 Å². The zero-order chi connectivity index (χ0) is 12.7. The third-order valence-corrected chi connectivity index (χ3v) is 4.48. The molecule has 0 bridgehead atoms. The number of aromatic nitrogens is 1. The molecule has 0 saturated carbocycles. The highest BCUT2D eigenvalue weighted by molar-refractivity contribution is 7.11. The number of thiophene rings is 1. The number of carbonyl (C=O) groups is 1. The molecule has 1 aliphatic heterocycles. The molecule has 6 heteroatoms. The quantitative estimate of drug-likeness (QED) is 0.776. The van der Waals surface area contributed by atoms with Gasteiger partial charge in [-0.3, -0.25) is 14.6 Å². The molecule has 92 valence electrons. The van der Waals surface area contributed by atoms with E-state index in [1.165, 1.54) is 15.9 Å². The first-order valence-electron chi connectivity index (χ1n) is 5.53. The molecule has 0 aliphatic carbocycles. The van der Waals surface area contributed by atoms with E-state index in [2.05, 4.69) is 4.99 Å². The van der Waals surface area contributed by atoms with Crippen molar-refractivity contribution in [3.05, 3.63) is 42.1 Å². The first kappa shape index (κ1) is 11.6. The van der Waals surface area contributed by atoms with Crippen LogP contribution in [0.1, 0.15) is 23.0 Å². The van der Waals surface area contributed by atoms with E-state index in [-0.39, 0.29) is 17.5 Å². The van der Waals surface area contributed by atoms with Crippen LogP contribution in [0.3, 0.4) is 0 Å². The van der Waals surface area contributed by atoms with Crippen molar-refractivity contribution in [3.63, 3.8) is 0 Å². The van der Waals surface area contributed by atoms with Gasteiger partial charge in [0.1, 0.15) is 0 Å². The van der Waals surface area contributed by atoms with Crippen molar-refractivity contribution in [3.8, 4) is 0 Å². The Morgan fingerprint density at radius 1 is 1.50 bits per heavy atom. The van der Waals surface area contributed by atoms with E-state index in [1.807, 2.05) is 30.5 Å². The Kier molecular flexibility index (Phi) is 2.76. The van der Waals surface area contributed by atoms with Gasteiger partial charge in [-0.05, 0) is 24.4 Å². The summed E-state index contributed by atoms with van der Waals surface area (Å²) in [7, 11) is 0. The smallest absolute Gasteiger partial charge is 0.274 e. The largest absolute Gasteiger partial charge is 0.277 e. The van der Waals surface area contributed by atoms with E-state index < -0.39 is 0 Å². The number of fused-ring (bicyclic) bond motifs is 1. The number of rotatable bonds is 1. The lowest BCUT2D eigenvalue weighted by Crippen LogP contribution is -2.40. The summed E-state index contributed by atoms with van der Waals surface area (Å²) < 4.78 is 1.77. The zero-order valence-corrected chi connectivity index (χ0v) is 11.3. The third-order valence-electron chi connectivity index (χ3n) is 2.67. The fourth-order valence-electron chi connectivity index (χ4n) is 1.86. The molecule has 0 aromatic carbocycles. The van der Waals surface area contributed by atoms with Gasteiger partial charge in [-0.15, -0.1) is 11.3 Å². The second-order valence-corrected chi connectivity index (χ2v) is 6.11. The predicted octanol–water partition coefficient (Wildman–Crippen LogP) is 0.852. The van der Waals surface area contributed by atoms with Crippen molar-refractivity contribution in [1.29, 1.82) is 0 Å². The van der Waals surface area contributed by atoms with Crippen molar-refractivity contribution < 1.29 is 4.79 Å². The van der Waals surface area contributed by atoms with Crippen LogP contribution >= 0.6 is 22.7 Å². The lowest BCUT2D eigenvalue weighted by molar-refractivity contribution is 0.0877. The van der Waals surface area contributed by atoms with Crippen LogP contribution in [0.15, 0.2) is 27.3 Å². The molecule has 0 saturated heterocycles. The van der Waals surface area contributed by atoms with Gasteiger partial charge < -0.3 is 0 Å². The van der Waals surface area contributed by atoms with Crippen LogP contribution in [0.5, 0.6) is 0 Å².